The highest BCUT2D eigenvalue weighted by molar-refractivity contribution is 5.89. The Labute approximate surface area is 140 Å². The van der Waals surface area contributed by atoms with E-state index in [0.29, 0.717) is 6.54 Å². The maximum atomic E-state index is 12.1. The molecule has 0 aliphatic rings. The van der Waals surface area contributed by atoms with Gasteiger partial charge in [0.15, 0.2) is 0 Å². The molecule has 0 bridgehead atoms. The maximum absolute atomic E-state index is 12.1. The molecule has 0 aliphatic carbocycles. The van der Waals surface area contributed by atoms with Crippen molar-refractivity contribution in [1.29, 1.82) is 0 Å². The Morgan fingerprint density at radius 1 is 1.17 bits per heavy atom. The quantitative estimate of drug-likeness (QED) is 0.758. The molecule has 2 aromatic heterocycles. The molecule has 1 unspecified atom stereocenters. The van der Waals surface area contributed by atoms with Crippen molar-refractivity contribution in [2.75, 3.05) is 5.32 Å². The van der Waals surface area contributed by atoms with Crippen LogP contribution in [0.1, 0.15) is 24.1 Å². The summed E-state index contributed by atoms with van der Waals surface area (Å²) < 4.78 is 1.85. The van der Waals surface area contributed by atoms with Crippen LogP contribution < -0.4 is 10.6 Å². The van der Waals surface area contributed by atoms with Crippen molar-refractivity contribution in [3.63, 3.8) is 0 Å². The number of nitrogens with one attached hydrogen (secondary N) is 2. The summed E-state index contributed by atoms with van der Waals surface area (Å²) in [4.78, 5) is 16.1. The molecule has 24 heavy (non-hydrogen) atoms. The van der Waals surface area contributed by atoms with E-state index in [9.17, 15) is 4.79 Å². The number of hydrogen-bond acceptors (Lipinski definition) is 3. The van der Waals surface area contributed by atoms with Gasteiger partial charge in [-0.05, 0) is 42.3 Å². The molecule has 122 valence electrons. The van der Waals surface area contributed by atoms with E-state index in [-0.39, 0.29) is 12.1 Å². The second kappa shape index (κ2) is 7.41. The molecule has 2 amide bonds. The Morgan fingerprint density at radius 2 is 2.00 bits per heavy atom. The fraction of sp³-hybridized carbons (Fsp3) is 0.167. The number of benzene rings is 1. The van der Waals surface area contributed by atoms with Gasteiger partial charge in [0, 0.05) is 30.5 Å². The third kappa shape index (κ3) is 4.19. The number of nitrogens with zero attached hydrogens (tertiary/aromatic N) is 3. The molecule has 2 N–H and O–H groups in total. The topological polar surface area (TPSA) is 71.8 Å². The first kappa shape index (κ1) is 15.7. The standard InChI is InChI=1S/C18H19N5O/c1-14(16-4-2-9-19-12-16)21-18(24)22-17-7-5-15(6-8-17)13-23-11-3-10-20-23/h2-12,14H,13H2,1H3,(H2,21,22,24). The van der Waals surface area contributed by atoms with E-state index >= 15 is 0 Å². The first-order valence-electron chi connectivity index (χ1n) is 7.74. The van der Waals surface area contributed by atoms with Crippen LogP contribution in [-0.2, 0) is 6.54 Å². The molecule has 1 aromatic carbocycles. The number of hydrogen-bond donors (Lipinski definition) is 2. The fourth-order valence-electron chi connectivity index (χ4n) is 2.35. The lowest BCUT2D eigenvalue weighted by molar-refractivity contribution is 0.249. The third-order valence-corrected chi connectivity index (χ3v) is 3.65. The van der Waals surface area contributed by atoms with Gasteiger partial charge in [0.05, 0.1) is 12.6 Å². The van der Waals surface area contributed by atoms with Crippen LogP contribution in [0.25, 0.3) is 0 Å². The lowest BCUT2D eigenvalue weighted by atomic mass is 10.1. The molecule has 0 saturated heterocycles. The van der Waals surface area contributed by atoms with Crippen molar-refractivity contribution in [3.8, 4) is 0 Å². The van der Waals surface area contributed by atoms with E-state index in [0.717, 1.165) is 16.8 Å². The summed E-state index contributed by atoms with van der Waals surface area (Å²) in [6.07, 6.45) is 7.12. The Kier molecular flexibility index (Phi) is 4.86. The molecular weight excluding hydrogens is 302 g/mol. The zero-order chi connectivity index (χ0) is 16.8. The SMILES string of the molecule is CC(NC(=O)Nc1ccc(Cn2cccn2)cc1)c1cccnc1. The average Bonchev–Trinajstić information content (AvgIpc) is 3.10. The number of amides is 2. The molecule has 6 nitrogen and oxygen atoms in total. The van der Waals surface area contributed by atoms with Crippen molar-refractivity contribution in [2.24, 2.45) is 0 Å². The summed E-state index contributed by atoms with van der Waals surface area (Å²) in [7, 11) is 0. The highest BCUT2D eigenvalue weighted by Crippen LogP contribution is 2.13. The van der Waals surface area contributed by atoms with Crippen molar-refractivity contribution in [2.45, 2.75) is 19.5 Å². The maximum Gasteiger partial charge on any atom is 0.319 e. The highest BCUT2D eigenvalue weighted by atomic mass is 16.2. The number of carbonyl (C=O) groups excluding carboxylic acids is 1. The summed E-state index contributed by atoms with van der Waals surface area (Å²) in [6.45, 7) is 2.63. The second-order valence-corrected chi connectivity index (χ2v) is 5.51. The van der Waals surface area contributed by atoms with E-state index < -0.39 is 0 Å². The van der Waals surface area contributed by atoms with Crippen LogP contribution in [0, 0.1) is 0 Å². The molecular formula is C18H19N5O. The minimum atomic E-state index is -0.244. The van der Waals surface area contributed by atoms with Crippen molar-refractivity contribution in [3.05, 3.63) is 78.4 Å². The van der Waals surface area contributed by atoms with Crippen LogP contribution >= 0.6 is 0 Å². The van der Waals surface area contributed by atoms with E-state index in [1.807, 2.05) is 60.3 Å². The Bertz CT molecular complexity index is 769. The molecule has 0 radical (unpaired) electrons. The van der Waals surface area contributed by atoms with Gasteiger partial charge in [0.25, 0.3) is 0 Å². The summed E-state index contributed by atoms with van der Waals surface area (Å²) in [5.74, 6) is 0. The zero-order valence-electron chi connectivity index (χ0n) is 13.4. The van der Waals surface area contributed by atoms with Crippen LogP contribution in [0.2, 0.25) is 0 Å². The van der Waals surface area contributed by atoms with Gasteiger partial charge in [0.1, 0.15) is 0 Å². The van der Waals surface area contributed by atoms with Crippen LogP contribution in [0.15, 0.2) is 67.3 Å². The van der Waals surface area contributed by atoms with E-state index in [4.69, 9.17) is 0 Å². The summed E-state index contributed by atoms with van der Waals surface area (Å²) in [5.41, 5.74) is 2.82. The largest absolute Gasteiger partial charge is 0.331 e. The normalized spacial score (nSPS) is 11.7. The lowest BCUT2D eigenvalue weighted by Gasteiger charge is -2.14. The summed E-state index contributed by atoms with van der Waals surface area (Å²) >= 11 is 0. The van der Waals surface area contributed by atoms with Crippen molar-refractivity contribution < 1.29 is 4.79 Å². The first-order chi connectivity index (χ1) is 11.7. The molecule has 3 rings (SSSR count). The van der Waals surface area contributed by atoms with Gasteiger partial charge in [-0.15, -0.1) is 0 Å². The molecule has 0 aliphatic heterocycles. The van der Waals surface area contributed by atoms with Crippen LogP contribution in [0.3, 0.4) is 0 Å². The predicted octanol–water partition coefficient (Wildman–Crippen LogP) is 3.21. The highest BCUT2D eigenvalue weighted by Gasteiger charge is 2.09. The van der Waals surface area contributed by atoms with Gasteiger partial charge in [-0.1, -0.05) is 18.2 Å². The smallest absolute Gasteiger partial charge is 0.319 e. The van der Waals surface area contributed by atoms with E-state index in [2.05, 4.69) is 20.7 Å². The van der Waals surface area contributed by atoms with Crippen molar-refractivity contribution >= 4 is 11.7 Å². The number of anilines is 1. The zero-order valence-corrected chi connectivity index (χ0v) is 13.4. The fourth-order valence-corrected chi connectivity index (χ4v) is 2.35. The van der Waals surface area contributed by atoms with E-state index in [1.54, 1.807) is 18.6 Å². The number of aromatic nitrogens is 3. The Hall–Kier alpha value is -3.15. The van der Waals surface area contributed by atoms with E-state index in [1.165, 1.54) is 0 Å². The minimum absolute atomic E-state index is 0.113. The van der Waals surface area contributed by atoms with Gasteiger partial charge in [-0.25, -0.2) is 4.79 Å². The van der Waals surface area contributed by atoms with Gasteiger partial charge in [0.2, 0.25) is 0 Å². The van der Waals surface area contributed by atoms with Crippen LogP contribution in [0.4, 0.5) is 10.5 Å². The predicted molar refractivity (Wildman–Crippen MR) is 92.6 cm³/mol. The molecule has 1 atom stereocenters. The van der Waals surface area contributed by atoms with Gasteiger partial charge < -0.3 is 10.6 Å². The molecule has 3 aromatic rings. The Morgan fingerprint density at radius 3 is 2.67 bits per heavy atom. The van der Waals surface area contributed by atoms with Crippen LogP contribution in [-0.4, -0.2) is 20.8 Å². The Balaban J connectivity index is 1.54. The summed E-state index contributed by atoms with van der Waals surface area (Å²) in [5, 5.41) is 9.90. The van der Waals surface area contributed by atoms with Gasteiger partial charge in [-0.2, -0.15) is 5.10 Å². The molecule has 2 heterocycles. The number of rotatable bonds is 5. The number of pyridine rings is 1. The minimum Gasteiger partial charge on any atom is -0.331 e. The first-order valence-corrected chi connectivity index (χ1v) is 7.74. The number of urea groups is 1. The molecule has 0 saturated carbocycles. The lowest BCUT2D eigenvalue weighted by Crippen LogP contribution is -2.31. The van der Waals surface area contributed by atoms with Gasteiger partial charge in [-0.3, -0.25) is 9.67 Å². The second-order valence-electron chi connectivity index (χ2n) is 5.51. The molecule has 6 heteroatoms. The third-order valence-electron chi connectivity index (χ3n) is 3.65. The summed E-state index contributed by atoms with van der Waals surface area (Å²) in [6, 6.07) is 13.0. The van der Waals surface area contributed by atoms with Crippen molar-refractivity contribution in [1.82, 2.24) is 20.1 Å². The average molecular weight is 321 g/mol. The number of carbonyl (C=O) groups is 1. The molecule has 0 spiro atoms. The van der Waals surface area contributed by atoms with Gasteiger partial charge >= 0.3 is 6.03 Å². The monoisotopic (exact) mass is 321 g/mol. The van der Waals surface area contributed by atoms with Crippen LogP contribution in [0.5, 0.6) is 0 Å². The molecule has 0 fully saturated rings.